The Morgan fingerprint density at radius 1 is 1.24 bits per heavy atom. The van der Waals surface area contributed by atoms with Crippen molar-refractivity contribution >= 4 is 11.6 Å². The van der Waals surface area contributed by atoms with Gasteiger partial charge in [0.15, 0.2) is 0 Å². The van der Waals surface area contributed by atoms with Gasteiger partial charge in [0.2, 0.25) is 5.91 Å². The lowest BCUT2D eigenvalue weighted by atomic mass is 9.99. The van der Waals surface area contributed by atoms with Crippen LogP contribution in [0.4, 0.5) is 5.69 Å². The summed E-state index contributed by atoms with van der Waals surface area (Å²) in [5.74, 6) is 0.299. The van der Waals surface area contributed by atoms with Crippen molar-refractivity contribution in [1.29, 1.82) is 0 Å². The summed E-state index contributed by atoms with van der Waals surface area (Å²) in [6.07, 6.45) is 2.00. The van der Waals surface area contributed by atoms with Gasteiger partial charge in [0, 0.05) is 31.9 Å². The number of rotatable bonds is 4. The molecule has 0 bridgehead atoms. The summed E-state index contributed by atoms with van der Waals surface area (Å²) in [7, 11) is 2.14. The number of nitrogens with two attached hydrogens (primary N) is 1. The molecule has 1 amide bonds. The molecular weight excluding hydrogens is 262 g/mol. The molecule has 1 aromatic carbocycles. The Bertz CT molecular complexity index is 452. The largest absolute Gasteiger partial charge is 0.371 e. The zero-order valence-corrected chi connectivity index (χ0v) is 13.3. The van der Waals surface area contributed by atoms with E-state index in [-0.39, 0.29) is 17.9 Å². The molecule has 4 nitrogen and oxygen atoms in total. The third-order valence-corrected chi connectivity index (χ3v) is 4.49. The Kier molecular flexibility index (Phi) is 5.23. The Morgan fingerprint density at radius 2 is 1.81 bits per heavy atom. The van der Waals surface area contributed by atoms with Gasteiger partial charge >= 0.3 is 0 Å². The number of amides is 1. The third kappa shape index (κ3) is 3.76. The van der Waals surface area contributed by atoms with Crippen molar-refractivity contribution in [3.8, 4) is 0 Å². The molecule has 0 spiro atoms. The van der Waals surface area contributed by atoms with E-state index in [4.69, 9.17) is 5.73 Å². The molecule has 2 N–H and O–H groups in total. The average Bonchev–Trinajstić information content (AvgIpc) is 2.53. The highest BCUT2D eigenvalue weighted by atomic mass is 16.2. The van der Waals surface area contributed by atoms with Crippen LogP contribution >= 0.6 is 0 Å². The molecule has 1 saturated heterocycles. The van der Waals surface area contributed by atoms with E-state index in [1.165, 1.54) is 5.69 Å². The molecule has 0 aromatic heterocycles. The van der Waals surface area contributed by atoms with E-state index in [1.54, 1.807) is 0 Å². The minimum Gasteiger partial charge on any atom is -0.371 e. The van der Waals surface area contributed by atoms with Crippen LogP contribution in [0.3, 0.4) is 0 Å². The first kappa shape index (κ1) is 15.8. The van der Waals surface area contributed by atoms with Crippen molar-refractivity contribution in [3.05, 3.63) is 30.3 Å². The molecule has 1 heterocycles. The van der Waals surface area contributed by atoms with E-state index >= 15 is 0 Å². The van der Waals surface area contributed by atoms with E-state index in [9.17, 15) is 4.79 Å². The molecular formula is C17H27N3O. The normalized spacial score (nSPS) is 17.9. The number of hydrogen-bond acceptors (Lipinski definition) is 3. The number of hydrogen-bond donors (Lipinski definition) is 1. The number of anilines is 1. The Balaban J connectivity index is 1.90. The highest BCUT2D eigenvalue weighted by Crippen LogP contribution is 2.22. The van der Waals surface area contributed by atoms with Crippen molar-refractivity contribution in [3.63, 3.8) is 0 Å². The highest BCUT2D eigenvalue weighted by molar-refractivity contribution is 5.82. The smallest absolute Gasteiger partial charge is 0.239 e. The first-order valence-corrected chi connectivity index (χ1v) is 7.83. The van der Waals surface area contributed by atoms with Crippen molar-refractivity contribution in [2.45, 2.75) is 38.8 Å². The predicted molar refractivity (Wildman–Crippen MR) is 87.3 cm³/mol. The summed E-state index contributed by atoms with van der Waals surface area (Å²) in [5, 5.41) is 0. The predicted octanol–water partition coefficient (Wildman–Crippen LogP) is 2.10. The van der Waals surface area contributed by atoms with Crippen LogP contribution in [0.15, 0.2) is 30.3 Å². The summed E-state index contributed by atoms with van der Waals surface area (Å²) in [6.45, 7) is 5.61. The standard InChI is InChI=1S/C17H27N3O/c1-13(2)16(18)17(21)20-11-9-15(10-12-20)19(3)14-7-5-4-6-8-14/h4-8,13,15-16H,9-12,18H2,1-3H3/t16-/m0/s1. The molecule has 4 heteroatoms. The monoisotopic (exact) mass is 289 g/mol. The SMILES string of the molecule is CC(C)[C@H](N)C(=O)N1CCC(N(C)c2ccccc2)CC1. The molecule has 1 atom stereocenters. The van der Waals surface area contributed by atoms with E-state index in [2.05, 4.69) is 36.2 Å². The van der Waals surface area contributed by atoms with Gasteiger partial charge in [0.25, 0.3) is 0 Å². The summed E-state index contributed by atoms with van der Waals surface area (Å²) in [6, 6.07) is 10.5. The number of benzene rings is 1. The summed E-state index contributed by atoms with van der Waals surface area (Å²) >= 11 is 0. The van der Waals surface area contributed by atoms with E-state index < -0.39 is 0 Å². The van der Waals surface area contributed by atoms with E-state index in [0.29, 0.717) is 6.04 Å². The first-order chi connectivity index (χ1) is 10.0. The summed E-state index contributed by atoms with van der Waals surface area (Å²) < 4.78 is 0. The van der Waals surface area contributed by atoms with Gasteiger partial charge in [-0.15, -0.1) is 0 Å². The number of carbonyl (C=O) groups is 1. The van der Waals surface area contributed by atoms with Crippen LogP contribution in [-0.2, 0) is 4.79 Å². The first-order valence-electron chi connectivity index (χ1n) is 7.83. The molecule has 0 unspecified atom stereocenters. The van der Waals surface area contributed by atoms with Crippen LogP contribution in [0.2, 0.25) is 0 Å². The lowest BCUT2D eigenvalue weighted by Crippen LogP contribution is -2.51. The van der Waals surface area contributed by atoms with Crippen LogP contribution in [0.25, 0.3) is 0 Å². The Labute approximate surface area is 127 Å². The average molecular weight is 289 g/mol. The number of carbonyl (C=O) groups excluding carboxylic acids is 1. The second-order valence-corrected chi connectivity index (χ2v) is 6.27. The lowest BCUT2D eigenvalue weighted by Gasteiger charge is -2.39. The fourth-order valence-corrected chi connectivity index (χ4v) is 2.84. The molecule has 0 saturated carbocycles. The molecule has 0 radical (unpaired) electrons. The maximum Gasteiger partial charge on any atom is 0.239 e. The minimum absolute atomic E-state index is 0.103. The van der Waals surface area contributed by atoms with Crippen LogP contribution < -0.4 is 10.6 Å². The lowest BCUT2D eigenvalue weighted by molar-refractivity contribution is -0.134. The molecule has 116 valence electrons. The summed E-state index contributed by atoms with van der Waals surface area (Å²) in [5.41, 5.74) is 7.21. The molecule has 1 aliphatic heterocycles. The number of likely N-dealkylation sites (tertiary alicyclic amines) is 1. The maximum atomic E-state index is 12.3. The van der Waals surface area contributed by atoms with E-state index in [0.717, 1.165) is 25.9 Å². The maximum absolute atomic E-state index is 12.3. The second kappa shape index (κ2) is 6.94. The fourth-order valence-electron chi connectivity index (χ4n) is 2.84. The van der Waals surface area contributed by atoms with Crippen molar-refractivity contribution in [2.24, 2.45) is 11.7 Å². The molecule has 1 aromatic rings. The Morgan fingerprint density at radius 3 is 2.33 bits per heavy atom. The van der Waals surface area contributed by atoms with Crippen molar-refractivity contribution in [1.82, 2.24) is 4.90 Å². The Hall–Kier alpha value is -1.55. The van der Waals surface area contributed by atoms with Crippen LogP contribution in [0.1, 0.15) is 26.7 Å². The van der Waals surface area contributed by atoms with Gasteiger partial charge < -0.3 is 15.5 Å². The number of para-hydroxylation sites is 1. The van der Waals surface area contributed by atoms with Gasteiger partial charge in [0.1, 0.15) is 0 Å². The number of piperidine rings is 1. The van der Waals surface area contributed by atoms with Crippen LogP contribution in [-0.4, -0.2) is 43.0 Å². The molecule has 1 fully saturated rings. The van der Waals surface area contributed by atoms with Gasteiger partial charge in [-0.2, -0.15) is 0 Å². The molecule has 1 aliphatic rings. The van der Waals surface area contributed by atoms with Gasteiger partial charge in [-0.05, 0) is 30.9 Å². The zero-order valence-electron chi connectivity index (χ0n) is 13.3. The van der Waals surface area contributed by atoms with Crippen LogP contribution in [0, 0.1) is 5.92 Å². The van der Waals surface area contributed by atoms with Crippen LogP contribution in [0.5, 0.6) is 0 Å². The highest BCUT2D eigenvalue weighted by Gasteiger charge is 2.29. The number of nitrogens with zero attached hydrogens (tertiary/aromatic N) is 2. The van der Waals surface area contributed by atoms with Crippen molar-refractivity contribution in [2.75, 3.05) is 25.0 Å². The van der Waals surface area contributed by atoms with Gasteiger partial charge in [-0.25, -0.2) is 0 Å². The summed E-state index contributed by atoms with van der Waals surface area (Å²) in [4.78, 5) is 16.5. The fraction of sp³-hybridized carbons (Fsp3) is 0.588. The molecule has 0 aliphatic carbocycles. The van der Waals surface area contributed by atoms with Crippen molar-refractivity contribution < 1.29 is 4.79 Å². The van der Waals surface area contributed by atoms with Gasteiger partial charge in [-0.3, -0.25) is 4.79 Å². The minimum atomic E-state index is -0.367. The molecule has 21 heavy (non-hydrogen) atoms. The van der Waals surface area contributed by atoms with Gasteiger partial charge in [0.05, 0.1) is 6.04 Å². The van der Waals surface area contributed by atoms with Gasteiger partial charge in [-0.1, -0.05) is 32.0 Å². The zero-order chi connectivity index (χ0) is 15.4. The second-order valence-electron chi connectivity index (χ2n) is 6.27. The molecule has 2 rings (SSSR count). The third-order valence-electron chi connectivity index (χ3n) is 4.49. The quantitative estimate of drug-likeness (QED) is 0.923. The van der Waals surface area contributed by atoms with E-state index in [1.807, 2.05) is 24.8 Å². The topological polar surface area (TPSA) is 49.6 Å².